The van der Waals surface area contributed by atoms with Gasteiger partial charge in [0.1, 0.15) is 15.8 Å². The van der Waals surface area contributed by atoms with E-state index >= 15 is 0 Å². The number of hydrogen-bond acceptors (Lipinski definition) is 5. The number of aromatic nitrogens is 1. The van der Waals surface area contributed by atoms with E-state index in [1.807, 2.05) is 6.07 Å². The minimum absolute atomic E-state index is 0.169. The lowest BCUT2D eigenvalue weighted by Crippen LogP contribution is -2.12. The van der Waals surface area contributed by atoms with E-state index in [9.17, 15) is 9.90 Å². The number of carboxylic acid groups (broad SMARTS) is 1. The van der Waals surface area contributed by atoms with Gasteiger partial charge in [0.15, 0.2) is 0 Å². The number of aliphatic hydroxyl groups excluding tert-OH is 1. The number of thiophene rings is 1. The Kier molecular flexibility index (Phi) is 6.88. The van der Waals surface area contributed by atoms with Crippen LogP contribution in [0.5, 0.6) is 5.75 Å². The maximum atomic E-state index is 11.0. The molecular formula is C20H22ClNO4S. The third-order valence-corrected chi connectivity index (χ3v) is 5.97. The second-order valence-corrected chi connectivity index (χ2v) is 8.12. The maximum Gasteiger partial charge on any atom is 0.345 e. The molecule has 7 heteroatoms. The summed E-state index contributed by atoms with van der Waals surface area (Å²) < 4.78 is 5.90. The molecule has 0 aliphatic heterocycles. The first-order chi connectivity index (χ1) is 13.0. The van der Waals surface area contributed by atoms with E-state index in [0.717, 1.165) is 37.0 Å². The van der Waals surface area contributed by atoms with Crippen LogP contribution in [0.1, 0.15) is 45.9 Å². The van der Waals surface area contributed by atoms with Crippen LogP contribution in [0, 0.1) is 5.92 Å². The molecule has 0 fully saturated rings. The van der Waals surface area contributed by atoms with Gasteiger partial charge in [0, 0.05) is 22.9 Å². The molecule has 3 rings (SSSR count). The van der Waals surface area contributed by atoms with Gasteiger partial charge in [0.25, 0.3) is 0 Å². The van der Waals surface area contributed by atoms with E-state index in [4.69, 9.17) is 21.4 Å². The molecule has 0 radical (unpaired) electrons. The van der Waals surface area contributed by atoms with Crippen molar-refractivity contribution < 1.29 is 19.7 Å². The number of aliphatic hydroxyl groups is 1. The summed E-state index contributed by atoms with van der Waals surface area (Å²) in [4.78, 5) is 16.5. The van der Waals surface area contributed by atoms with Crippen LogP contribution in [0.15, 0.2) is 35.9 Å². The molecule has 1 atom stereocenters. The molecule has 5 nitrogen and oxygen atoms in total. The lowest BCUT2D eigenvalue weighted by atomic mass is 9.97. The van der Waals surface area contributed by atoms with Gasteiger partial charge in [0.2, 0.25) is 0 Å². The summed E-state index contributed by atoms with van der Waals surface area (Å²) in [6, 6.07) is 6.95. The Balaban J connectivity index is 1.48. The van der Waals surface area contributed by atoms with E-state index in [1.54, 1.807) is 18.2 Å². The Morgan fingerprint density at radius 1 is 1.33 bits per heavy atom. The zero-order valence-corrected chi connectivity index (χ0v) is 16.4. The molecule has 0 saturated carbocycles. The predicted molar refractivity (Wildman–Crippen MR) is 106 cm³/mol. The molecule has 1 aliphatic rings. The van der Waals surface area contributed by atoms with Crippen LogP contribution in [0.4, 0.5) is 0 Å². The Morgan fingerprint density at radius 2 is 2.19 bits per heavy atom. The number of carboxylic acids is 1. The van der Waals surface area contributed by atoms with Gasteiger partial charge in [-0.1, -0.05) is 23.3 Å². The number of carbonyl (C=O) groups is 1. The van der Waals surface area contributed by atoms with Crippen LogP contribution >= 0.6 is 22.9 Å². The molecule has 144 valence electrons. The maximum absolute atomic E-state index is 11.0. The monoisotopic (exact) mass is 407 g/mol. The second kappa shape index (κ2) is 9.35. The van der Waals surface area contributed by atoms with Crippen molar-refractivity contribution >= 4 is 28.9 Å². The van der Waals surface area contributed by atoms with Crippen molar-refractivity contribution in [3.8, 4) is 5.75 Å². The van der Waals surface area contributed by atoms with E-state index < -0.39 is 5.97 Å². The Bertz CT molecular complexity index is 833. The Hall–Kier alpha value is -1.89. The summed E-state index contributed by atoms with van der Waals surface area (Å²) >= 11 is 7.31. The van der Waals surface area contributed by atoms with Crippen LogP contribution in [0.3, 0.4) is 0 Å². The molecule has 0 aromatic carbocycles. The van der Waals surface area contributed by atoms with E-state index in [0.29, 0.717) is 34.0 Å². The highest BCUT2D eigenvalue weighted by Gasteiger charge is 2.20. The van der Waals surface area contributed by atoms with Crippen molar-refractivity contribution in [1.29, 1.82) is 0 Å². The van der Waals surface area contributed by atoms with Gasteiger partial charge in [0.05, 0.1) is 18.9 Å². The molecule has 0 spiro atoms. The van der Waals surface area contributed by atoms with Crippen molar-refractivity contribution in [1.82, 2.24) is 4.98 Å². The predicted octanol–water partition coefficient (Wildman–Crippen LogP) is 4.73. The Labute approximate surface area is 167 Å². The summed E-state index contributed by atoms with van der Waals surface area (Å²) in [6.07, 6.45) is 7.31. The number of nitrogens with zero attached hydrogens (tertiary/aromatic N) is 1. The van der Waals surface area contributed by atoms with Crippen molar-refractivity contribution in [3.05, 3.63) is 56.5 Å². The third kappa shape index (κ3) is 5.54. The first-order valence-electron chi connectivity index (χ1n) is 8.96. The lowest BCUT2D eigenvalue weighted by molar-refractivity contribution is 0.0702. The molecule has 0 saturated heterocycles. The molecule has 2 aromatic rings. The van der Waals surface area contributed by atoms with Crippen LogP contribution in [-0.2, 0) is 13.0 Å². The van der Waals surface area contributed by atoms with Crippen LogP contribution < -0.4 is 4.74 Å². The minimum atomic E-state index is -0.859. The number of hydrogen-bond donors (Lipinski definition) is 2. The highest BCUT2D eigenvalue weighted by molar-refractivity contribution is 7.13. The average molecular weight is 408 g/mol. The van der Waals surface area contributed by atoms with Crippen LogP contribution in [0.2, 0.25) is 5.15 Å². The molecule has 0 unspecified atom stereocenters. The van der Waals surface area contributed by atoms with Crippen LogP contribution in [0.25, 0.3) is 0 Å². The fourth-order valence-corrected chi connectivity index (χ4v) is 4.40. The van der Waals surface area contributed by atoms with Crippen LogP contribution in [-0.4, -0.2) is 27.8 Å². The summed E-state index contributed by atoms with van der Waals surface area (Å²) in [5.74, 6) is 0.153. The molecule has 2 aromatic heterocycles. The van der Waals surface area contributed by atoms with Crippen molar-refractivity contribution in [2.24, 2.45) is 5.92 Å². The standard InChI is InChI=1S/C20H22ClNO4S/c21-19-10-16(9-15(11-23)22-19)26-12-14-5-1-3-13(14)4-2-6-17-7-8-18(27-17)20(24)25/h3,7-10,14,23H,1-2,4-6,11-12H2,(H,24,25)/t14-/m1/s1. The number of aryl methyl sites for hydroxylation is 1. The summed E-state index contributed by atoms with van der Waals surface area (Å²) in [7, 11) is 0. The molecule has 0 amide bonds. The van der Waals surface area contributed by atoms with Gasteiger partial charge in [-0.05, 0) is 44.2 Å². The first-order valence-corrected chi connectivity index (χ1v) is 10.2. The van der Waals surface area contributed by atoms with Gasteiger partial charge in [-0.25, -0.2) is 9.78 Å². The number of rotatable bonds is 9. The first kappa shape index (κ1) is 19.9. The van der Waals surface area contributed by atoms with Gasteiger partial charge in [-0.3, -0.25) is 0 Å². The zero-order valence-electron chi connectivity index (χ0n) is 14.9. The molecule has 0 bridgehead atoms. The number of halogens is 1. The van der Waals surface area contributed by atoms with E-state index in [2.05, 4.69) is 11.1 Å². The normalized spacial score (nSPS) is 16.4. The van der Waals surface area contributed by atoms with Gasteiger partial charge in [-0.15, -0.1) is 11.3 Å². The number of allylic oxidation sites excluding steroid dienone is 1. The zero-order chi connectivity index (χ0) is 19.2. The average Bonchev–Trinajstić information content (AvgIpc) is 3.29. The second-order valence-electron chi connectivity index (χ2n) is 6.56. The van der Waals surface area contributed by atoms with E-state index in [1.165, 1.54) is 16.9 Å². The largest absolute Gasteiger partial charge is 0.493 e. The number of pyridine rings is 1. The SMILES string of the molecule is O=C(O)c1ccc(CCCC2=CCC[C@@H]2COc2cc(Cl)nc(CO)c2)s1. The van der Waals surface area contributed by atoms with Crippen molar-refractivity contribution in [2.75, 3.05) is 6.61 Å². The third-order valence-electron chi connectivity index (χ3n) is 4.64. The van der Waals surface area contributed by atoms with Crippen molar-refractivity contribution in [3.63, 3.8) is 0 Å². The fourth-order valence-electron chi connectivity index (χ4n) is 3.30. The molecular weight excluding hydrogens is 386 g/mol. The van der Waals surface area contributed by atoms with Gasteiger partial charge >= 0.3 is 5.97 Å². The highest BCUT2D eigenvalue weighted by atomic mass is 35.5. The Morgan fingerprint density at radius 3 is 2.93 bits per heavy atom. The molecule has 2 N–H and O–H groups in total. The number of ether oxygens (including phenoxy) is 1. The topological polar surface area (TPSA) is 79.7 Å². The molecule has 2 heterocycles. The minimum Gasteiger partial charge on any atom is -0.493 e. The molecule has 1 aliphatic carbocycles. The fraction of sp³-hybridized carbons (Fsp3) is 0.400. The highest BCUT2D eigenvalue weighted by Crippen LogP contribution is 2.31. The smallest absolute Gasteiger partial charge is 0.345 e. The van der Waals surface area contributed by atoms with Gasteiger partial charge < -0.3 is 14.9 Å². The van der Waals surface area contributed by atoms with Crippen molar-refractivity contribution in [2.45, 2.75) is 38.7 Å². The van der Waals surface area contributed by atoms with Gasteiger partial charge in [-0.2, -0.15) is 0 Å². The summed E-state index contributed by atoms with van der Waals surface area (Å²) in [6.45, 7) is 0.414. The molecule has 27 heavy (non-hydrogen) atoms. The quantitative estimate of drug-likeness (QED) is 0.464. The van der Waals surface area contributed by atoms with E-state index in [-0.39, 0.29) is 6.61 Å². The number of aromatic carboxylic acids is 1. The lowest BCUT2D eigenvalue weighted by Gasteiger charge is -2.16. The summed E-state index contributed by atoms with van der Waals surface area (Å²) in [5, 5.41) is 18.5. The summed E-state index contributed by atoms with van der Waals surface area (Å²) in [5.41, 5.74) is 1.91.